The summed E-state index contributed by atoms with van der Waals surface area (Å²) in [5, 5.41) is 10.8. The SMILES string of the molecule is CN=C(NCCCSc1nccs1)NCCc1cccs1. The Hall–Kier alpha value is -1.05. The molecular formula is C14H20N4S3. The molecular weight excluding hydrogens is 320 g/mol. The van der Waals surface area contributed by atoms with Crippen molar-refractivity contribution in [1.82, 2.24) is 15.6 Å². The van der Waals surface area contributed by atoms with E-state index in [9.17, 15) is 0 Å². The molecule has 0 radical (unpaired) electrons. The number of nitrogens with zero attached hydrogens (tertiary/aromatic N) is 2. The summed E-state index contributed by atoms with van der Waals surface area (Å²) in [6.07, 6.45) is 3.98. The zero-order chi connectivity index (χ0) is 14.8. The minimum atomic E-state index is 0.880. The molecule has 0 aliphatic carbocycles. The third-order valence-electron chi connectivity index (χ3n) is 2.72. The third kappa shape index (κ3) is 6.50. The highest BCUT2D eigenvalue weighted by molar-refractivity contribution is 8.00. The van der Waals surface area contributed by atoms with Crippen LogP contribution < -0.4 is 10.6 Å². The average Bonchev–Trinajstić information content (AvgIpc) is 3.18. The van der Waals surface area contributed by atoms with Crippen LogP contribution in [0.3, 0.4) is 0 Å². The standard InChI is InChI=1S/C14H20N4S3/c1-15-13(17-7-5-12-4-2-9-19-12)16-6-3-10-20-14-18-8-11-21-14/h2,4,8-9,11H,3,5-7,10H2,1H3,(H2,15,16,17). The first-order chi connectivity index (χ1) is 10.4. The Morgan fingerprint density at radius 1 is 1.29 bits per heavy atom. The van der Waals surface area contributed by atoms with Crippen LogP contribution in [0.15, 0.2) is 38.4 Å². The van der Waals surface area contributed by atoms with E-state index < -0.39 is 0 Å². The lowest BCUT2D eigenvalue weighted by Crippen LogP contribution is -2.38. The van der Waals surface area contributed by atoms with Crippen LogP contribution >= 0.6 is 34.4 Å². The first-order valence-corrected chi connectivity index (χ1v) is 9.62. The smallest absolute Gasteiger partial charge is 0.190 e. The van der Waals surface area contributed by atoms with Crippen molar-refractivity contribution in [1.29, 1.82) is 0 Å². The summed E-state index contributed by atoms with van der Waals surface area (Å²) in [7, 11) is 1.81. The maximum absolute atomic E-state index is 4.26. The maximum Gasteiger partial charge on any atom is 0.190 e. The average molecular weight is 341 g/mol. The minimum absolute atomic E-state index is 0.880. The van der Waals surface area contributed by atoms with Gasteiger partial charge < -0.3 is 10.6 Å². The van der Waals surface area contributed by atoms with Gasteiger partial charge in [-0.2, -0.15) is 0 Å². The number of thioether (sulfide) groups is 1. The second-order valence-corrected chi connectivity index (χ2v) is 7.52. The summed E-state index contributed by atoms with van der Waals surface area (Å²) in [4.78, 5) is 9.89. The van der Waals surface area contributed by atoms with Gasteiger partial charge in [-0.05, 0) is 24.3 Å². The summed E-state index contributed by atoms with van der Waals surface area (Å²) >= 11 is 5.31. The van der Waals surface area contributed by atoms with Crippen LogP contribution in [0.4, 0.5) is 0 Å². The summed E-state index contributed by atoms with van der Waals surface area (Å²) in [5.74, 6) is 1.96. The molecule has 0 aromatic carbocycles. The van der Waals surface area contributed by atoms with Crippen molar-refractivity contribution in [3.63, 3.8) is 0 Å². The van der Waals surface area contributed by atoms with Crippen LogP contribution in [0.5, 0.6) is 0 Å². The highest BCUT2D eigenvalue weighted by atomic mass is 32.2. The van der Waals surface area contributed by atoms with Gasteiger partial charge in [-0.25, -0.2) is 4.98 Å². The van der Waals surface area contributed by atoms with Crippen molar-refractivity contribution in [2.24, 2.45) is 4.99 Å². The Balaban J connectivity index is 1.53. The van der Waals surface area contributed by atoms with Gasteiger partial charge in [0.15, 0.2) is 5.96 Å². The Morgan fingerprint density at radius 2 is 2.19 bits per heavy atom. The molecule has 21 heavy (non-hydrogen) atoms. The first kappa shape index (κ1) is 16.3. The van der Waals surface area contributed by atoms with Gasteiger partial charge in [-0.1, -0.05) is 17.8 Å². The fourth-order valence-electron chi connectivity index (χ4n) is 1.70. The number of hydrogen-bond acceptors (Lipinski definition) is 5. The molecule has 0 aliphatic heterocycles. The topological polar surface area (TPSA) is 49.3 Å². The molecule has 0 atom stereocenters. The van der Waals surface area contributed by atoms with Gasteiger partial charge in [-0.3, -0.25) is 4.99 Å². The van der Waals surface area contributed by atoms with Crippen LogP contribution in [0.25, 0.3) is 0 Å². The predicted molar refractivity (Wildman–Crippen MR) is 94.8 cm³/mol. The molecule has 0 spiro atoms. The monoisotopic (exact) mass is 340 g/mol. The Morgan fingerprint density at radius 3 is 2.90 bits per heavy atom. The van der Waals surface area contributed by atoms with E-state index in [0.717, 1.165) is 42.0 Å². The quantitative estimate of drug-likeness (QED) is 0.335. The molecule has 0 amide bonds. The molecule has 4 nitrogen and oxygen atoms in total. The van der Waals surface area contributed by atoms with Crippen molar-refractivity contribution in [3.8, 4) is 0 Å². The van der Waals surface area contributed by atoms with Crippen LogP contribution in [-0.2, 0) is 6.42 Å². The summed E-state index contributed by atoms with van der Waals surface area (Å²) in [5.41, 5.74) is 0. The molecule has 2 N–H and O–H groups in total. The van der Waals surface area contributed by atoms with Gasteiger partial charge in [-0.15, -0.1) is 22.7 Å². The van der Waals surface area contributed by atoms with E-state index >= 15 is 0 Å². The van der Waals surface area contributed by atoms with Gasteiger partial charge >= 0.3 is 0 Å². The van der Waals surface area contributed by atoms with E-state index in [2.05, 4.69) is 38.1 Å². The largest absolute Gasteiger partial charge is 0.356 e. The van der Waals surface area contributed by atoms with Crippen LogP contribution in [0.2, 0.25) is 0 Å². The zero-order valence-corrected chi connectivity index (χ0v) is 14.5. The fraction of sp³-hybridized carbons (Fsp3) is 0.429. The summed E-state index contributed by atoms with van der Waals surface area (Å²) in [6.45, 7) is 1.84. The number of guanidine groups is 1. The van der Waals surface area contributed by atoms with Gasteiger partial charge in [0.1, 0.15) is 4.34 Å². The second-order valence-electron chi connectivity index (χ2n) is 4.26. The van der Waals surface area contributed by atoms with Crippen molar-refractivity contribution in [3.05, 3.63) is 34.0 Å². The second kappa shape index (κ2) is 9.81. The van der Waals surface area contributed by atoms with Gasteiger partial charge in [0.25, 0.3) is 0 Å². The number of nitrogens with one attached hydrogen (secondary N) is 2. The molecule has 0 saturated carbocycles. The van der Waals surface area contributed by atoms with Crippen LogP contribution in [-0.4, -0.2) is 36.8 Å². The van der Waals surface area contributed by atoms with E-state index in [1.54, 1.807) is 22.7 Å². The Bertz CT molecular complexity index is 508. The molecule has 2 rings (SSSR count). The van der Waals surface area contributed by atoms with Gasteiger partial charge in [0.2, 0.25) is 0 Å². The molecule has 0 unspecified atom stereocenters. The lowest BCUT2D eigenvalue weighted by molar-refractivity contribution is 0.780. The highest BCUT2D eigenvalue weighted by Gasteiger charge is 1.99. The number of rotatable bonds is 8. The van der Waals surface area contributed by atoms with Crippen molar-refractivity contribution in [2.45, 2.75) is 17.2 Å². The van der Waals surface area contributed by atoms with E-state index in [1.165, 1.54) is 4.88 Å². The van der Waals surface area contributed by atoms with Crippen molar-refractivity contribution < 1.29 is 0 Å². The molecule has 0 bridgehead atoms. The normalized spacial score (nSPS) is 11.6. The van der Waals surface area contributed by atoms with E-state index in [4.69, 9.17) is 0 Å². The van der Waals surface area contributed by atoms with Crippen molar-refractivity contribution in [2.75, 3.05) is 25.9 Å². The Labute approximate surface area is 138 Å². The predicted octanol–water partition coefficient (Wildman–Crippen LogP) is 3.09. The minimum Gasteiger partial charge on any atom is -0.356 e. The van der Waals surface area contributed by atoms with Crippen LogP contribution in [0, 0.1) is 0 Å². The lowest BCUT2D eigenvalue weighted by Gasteiger charge is -2.11. The molecule has 2 aromatic heterocycles. The summed E-state index contributed by atoms with van der Waals surface area (Å²) in [6, 6.07) is 4.26. The molecule has 114 valence electrons. The molecule has 0 fully saturated rings. The summed E-state index contributed by atoms with van der Waals surface area (Å²) < 4.78 is 1.15. The van der Waals surface area contributed by atoms with Crippen LogP contribution in [0.1, 0.15) is 11.3 Å². The molecule has 0 aliphatic rings. The number of thiophene rings is 1. The lowest BCUT2D eigenvalue weighted by atomic mass is 10.3. The van der Waals surface area contributed by atoms with E-state index in [0.29, 0.717) is 0 Å². The third-order valence-corrected chi connectivity index (χ3v) is 5.70. The molecule has 0 saturated heterocycles. The maximum atomic E-state index is 4.26. The molecule has 2 heterocycles. The van der Waals surface area contributed by atoms with Gasteiger partial charge in [0.05, 0.1) is 0 Å². The molecule has 2 aromatic rings. The van der Waals surface area contributed by atoms with Crippen molar-refractivity contribution >= 4 is 40.4 Å². The number of aliphatic imine (C=N–C) groups is 1. The highest BCUT2D eigenvalue weighted by Crippen LogP contribution is 2.20. The number of hydrogen-bond donors (Lipinski definition) is 2. The Kier molecular flexibility index (Phi) is 7.62. The van der Waals surface area contributed by atoms with Gasteiger partial charge in [0, 0.05) is 42.3 Å². The molecule has 7 heteroatoms. The first-order valence-electron chi connectivity index (χ1n) is 6.87. The number of thiazole rings is 1. The zero-order valence-electron chi connectivity index (χ0n) is 12.0. The fourth-order valence-corrected chi connectivity index (χ4v) is 4.06. The van der Waals surface area contributed by atoms with E-state index in [1.807, 2.05) is 30.4 Å². The number of aromatic nitrogens is 1. The van der Waals surface area contributed by atoms with E-state index in [-0.39, 0.29) is 0 Å².